The molecule has 4 N–H and O–H groups in total. The van der Waals surface area contributed by atoms with Crippen molar-refractivity contribution >= 4 is 29.4 Å². The number of nitrogens with two attached hydrogens (primary N) is 1. The summed E-state index contributed by atoms with van der Waals surface area (Å²) in [6, 6.07) is 13.7. The lowest BCUT2D eigenvalue weighted by Gasteiger charge is -2.13. The largest absolute Gasteiger partial charge is 0.366 e. The highest BCUT2D eigenvalue weighted by molar-refractivity contribution is 6.06. The molecule has 0 spiro atoms. The van der Waals surface area contributed by atoms with E-state index in [1.165, 1.54) is 24.3 Å². The molecule has 8 nitrogen and oxygen atoms in total. The highest BCUT2D eigenvalue weighted by Gasteiger charge is 2.38. The number of imide groups is 1. The topological polar surface area (TPSA) is 122 Å². The van der Waals surface area contributed by atoms with Crippen LogP contribution < -0.4 is 16.4 Å². The molecular formula is C19H18N4O4. The average Bonchev–Trinajstić information content (AvgIpc) is 2.90. The minimum atomic E-state index is -0.911. The van der Waals surface area contributed by atoms with E-state index in [9.17, 15) is 19.2 Å². The van der Waals surface area contributed by atoms with Gasteiger partial charge < -0.3 is 16.4 Å². The van der Waals surface area contributed by atoms with Gasteiger partial charge in [0.2, 0.25) is 11.8 Å². The van der Waals surface area contributed by atoms with Gasteiger partial charge in [0.15, 0.2) is 0 Å². The van der Waals surface area contributed by atoms with Gasteiger partial charge in [-0.15, -0.1) is 0 Å². The highest BCUT2D eigenvalue weighted by Crippen LogP contribution is 2.15. The van der Waals surface area contributed by atoms with Crippen LogP contribution in [0.25, 0.3) is 0 Å². The van der Waals surface area contributed by atoms with Crippen LogP contribution in [0, 0.1) is 0 Å². The van der Waals surface area contributed by atoms with Gasteiger partial charge >= 0.3 is 6.03 Å². The predicted octanol–water partition coefficient (Wildman–Crippen LogP) is 1.23. The molecule has 2 aromatic rings. The third-order valence-electron chi connectivity index (χ3n) is 4.13. The summed E-state index contributed by atoms with van der Waals surface area (Å²) < 4.78 is 0. The molecule has 0 aliphatic carbocycles. The van der Waals surface area contributed by atoms with Crippen LogP contribution in [0.1, 0.15) is 22.3 Å². The Morgan fingerprint density at radius 2 is 1.70 bits per heavy atom. The van der Waals surface area contributed by atoms with Crippen LogP contribution in [0.2, 0.25) is 0 Å². The number of primary amides is 1. The second-order valence-corrected chi connectivity index (χ2v) is 6.11. The van der Waals surface area contributed by atoms with Gasteiger partial charge in [-0.05, 0) is 29.8 Å². The molecule has 1 atom stereocenters. The second kappa shape index (κ2) is 7.69. The van der Waals surface area contributed by atoms with Crippen molar-refractivity contribution in [3.05, 3.63) is 65.7 Å². The Hall–Kier alpha value is -3.68. The van der Waals surface area contributed by atoms with E-state index < -0.39 is 29.8 Å². The van der Waals surface area contributed by atoms with Gasteiger partial charge in [-0.3, -0.25) is 19.3 Å². The fraction of sp³-hybridized carbons (Fsp3) is 0.158. The number of hydrogen-bond donors (Lipinski definition) is 3. The summed E-state index contributed by atoms with van der Waals surface area (Å²) in [4.78, 5) is 48.8. The molecule has 1 fully saturated rings. The van der Waals surface area contributed by atoms with E-state index >= 15 is 0 Å². The van der Waals surface area contributed by atoms with Gasteiger partial charge in [-0.1, -0.05) is 30.3 Å². The van der Waals surface area contributed by atoms with Crippen LogP contribution >= 0.6 is 0 Å². The molecule has 3 rings (SSSR count). The van der Waals surface area contributed by atoms with Crippen LogP contribution in [-0.4, -0.2) is 34.7 Å². The lowest BCUT2D eigenvalue weighted by molar-refractivity contribution is -0.130. The first-order chi connectivity index (χ1) is 12.9. The molecule has 1 saturated heterocycles. The van der Waals surface area contributed by atoms with Crippen LogP contribution in [0.3, 0.4) is 0 Å². The van der Waals surface area contributed by atoms with Crippen molar-refractivity contribution in [2.45, 2.75) is 19.0 Å². The zero-order chi connectivity index (χ0) is 19.4. The molecule has 27 heavy (non-hydrogen) atoms. The lowest BCUT2D eigenvalue weighted by atomic mass is 10.1. The van der Waals surface area contributed by atoms with E-state index in [1.54, 1.807) is 0 Å². The van der Waals surface area contributed by atoms with Crippen molar-refractivity contribution in [3.63, 3.8) is 0 Å². The summed E-state index contributed by atoms with van der Waals surface area (Å²) in [5.41, 5.74) is 6.76. The molecule has 0 bridgehead atoms. The fourth-order valence-corrected chi connectivity index (χ4v) is 2.75. The van der Waals surface area contributed by atoms with E-state index in [2.05, 4.69) is 10.6 Å². The van der Waals surface area contributed by atoms with Gasteiger partial charge in [0.05, 0.1) is 13.0 Å². The summed E-state index contributed by atoms with van der Waals surface area (Å²) >= 11 is 0. The van der Waals surface area contributed by atoms with Gasteiger partial charge in [0, 0.05) is 11.3 Å². The van der Waals surface area contributed by atoms with Crippen LogP contribution in [0.4, 0.5) is 10.5 Å². The van der Waals surface area contributed by atoms with E-state index in [0.29, 0.717) is 11.3 Å². The number of rotatable bonds is 6. The number of urea groups is 1. The smallest absolute Gasteiger partial charge is 0.325 e. The first-order valence-corrected chi connectivity index (χ1v) is 8.29. The summed E-state index contributed by atoms with van der Waals surface area (Å²) in [5.74, 6) is -1.43. The van der Waals surface area contributed by atoms with Crippen molar-refractivity contribution in [1.82, 2.24) is 10.2 Å². The minimum absolute atomic E-state index is 0.151. The molecule has 138 valence electrons. The fourth-order valence-electron chi connectivity index (χ4n) is 2.75. The number of nitrogens with one attached hydrogen (secondary N) is 2. The van der Waals surface area contributed by atoms with E-state index in [4.69, 9.17) is 5.73 Å². The Morgan fingerprint density at radius 3 is 2.33 bits per heavy atom. The molecule has 1 heterocycles. The third-order valence-corrected chi connectivity index (χ3v) is 4.13. The maximum atomic E-state index is 12.4. The molecule has 0 radical (unpaired) electrons. The summed E-state index contributed by atoms with van der Waals surface area (Å²) in [6.45, 7) is 0.151. The van der Waals surface area contributed by atoms with Crippen LogP contribution in [0.5, 0.6) is 0 Å². The molecule has 8 heteroatoms. The van der Waals surface area contributed by atoms with Crippen molar-refractivity contribution in [2.24, 2.45) is 5.73 Å². The maximum Gasteiger partial charge on any atom is 0.325 e. The Labute approximate surface area is 155 Å². The van der Waals surface area contributed by atoms with Crippen molar-refractivity contribution in [2.75, 3.05) is 5.32 Å². The molecule has 0 aromatic heterocycles. The average molecular weight is 366 g/mol. The lowest BCUT2D eigenvalue weighted by Crippen LogP contribution is -2.34. The zero-order valence-electron chi connectivity index (χ0n) is 14.3. The Kier molecular flexibility index (Phi) is 5.16. The first-order valence-electron chi connectivity index (χ1n) is 8.29. The van der Waals surface area contributed by atoms with Crippen LogP contribution in [-0.2, 0) is 16.1 Å². The maximum absolute atomic E-state index is 12.4. The molecule has 2 aromatic carbocycles. The summed E-state index contributed by atoms with van der Waals surface area (Å²) in [6.07, 6.45) is -0.187. The first kappa shape index (κ1) is 18.1. The number of hydrogen-bond acceptors (Lipinski definition) is 4. The van der Waals surface area contributed by atoms with Gasteiger partial charge in [-0.25, -0.2) is 4.79 Å². The zero-order valence-corrected chi connectivity index (χ0v) is 14.3. The van der Waals surface area contributed by atoms with Crippen molar-refractivity contribution in [1.29, 1.82) is 0 Å². The van der Waals surface area contributed by atoms with Crippen LogP contribution in [0.15, 0.2) is 54.6 Å². The predicted molar refractivity (Wildman–Crippen MR) is 97.5 cm³/mol. The van der Waals surface area contributed by atoms with Gasteiger partial charge in [0.25, 0.3) is 5.91 Å². The number of amides is 5. The SMILES string of the molecule is NC(=O)c1ccc(NC(=O)CC2NC(=O)N(Cc3ccccc3)C2=O)cc1. The summed E-state index contributed by atoms with van der Waals surface area (Å²) in [5, 5.41) is 5.15. The van der Waals surface area contributed by atoms with Gasteiger partial charge in [0.1, 0.15) is 6.04 Å². The van der Waals surface area contributed by atoms with E-state index in [1.807, 2.05) is 30.3 Å². The molecule has 1 unspecified atom stereocenters. The molecule has 1 aliphatic heterocycles. The number of benzene rings is 2. The quantitative estimate of drug-likeness (QED) is 0.666. The Morgan fingerprint density at radius 1 is 1.04 bits per heavy atom. The molecular weight excluding hydrogens is 348 g/mol. The van der Waals surface area contributed by atoms with E-state index in [0.717, 1.165) is 10.5 Å². The number of nitrogens with zero attached hydrogens (tertiary/aromatic N) is 1. The Bertz CT molecular complexity index is 880. The highest BCUT2D eigenvalue weighted by atomic mass is 16.2. The summed E-state index contributed by atoms with van der Waals surface area (Å²) in [7, 11) is 0. The normalized spacial score (nSPS) is 16.1. The number of carbonyl (C=O) groups is 4. The van der Waals surface area contributed by atoms with Crippen molar-refractivity contribution in [3.8, 4) is 0 Å². The second-order valence-electron chi connectivity index (χ2n) is 6.11. The number of anilines is 1. The third kappa shape index (κ3) is 4.30. The standard InChI is InChI=1S/C19H18N4O4/c20-17(25)13-6-8-14(9-7-13)21-16(24)10-15-18(26)23(19(27)22-15)11-12-4-2-1-3-5-12/h1-9,15H,10-11H2,(H2,20,25)(H,21,24)(H,22,27). The number of carbonyl (C=O) groups excluding carboxylic acids is 4. The monoisotopic (exact) mass is 366 g/mol. The van der Waals surface area contributed by atoms with Crippen molar-refractivity contribution < 1.29 is 19.2 Å². The molecule has 0 saturated carbocycles. The Balaban J connectivity index is 1.58. The van der Waals surface area contributed by atoms with Gasteiger partial charge in [-0.2, -0.15) is 0 Å². The molecule has 1 aliphatic rings. The molecule has 5 amide bonds. The van der Waals surface area contributed by atoms with E-state index in [-0.39, 0.29) is 13.0 Å². The minimum Gasteiger partial charge on any atom is -0.366 e.